The van der Waals surface area contributed by atoms with Gasteiger partial charge in [-0.05, 0) is 45.1 Å². The van der Waals surface area contributed by atoms with Crippen molar-refractivity contribution in [1.82, 2.24) is 0 Å². The van der Waals surface area contributed by atoms with Crippen LogP contribution in [-0.4, -0.2) is 29.4 Å². The van der Waals surface area contributed by atoms with E-state index < -0.39 is 19.0 Å². The third-order valence-corrected chi connectivity index (χ3v) is 4.57. The maximum atomic E-state index is 11.2. The van der Waals surface area contributed by atoms with Gasteiger partial charge in [0.25, 0.3) is 0 Å². The molecular weight excluding hydrogens is 267 g/mol. The molecule has 5 heteroatoms. The highest BCUT2D eigenvalue weighted by Gasteiger charge is 2.51. The molecule has 2 rings (SSSR count). The fourth-order valence-electron chi connectivity index (χ4n) is 2.42. The number of carbonyl (C=O) groups is 1. The summed E-state index contributed by atoms with van der Waals surface area (Å²) in [5, 5.41) is 9.20. The van der Waals surface area contributed by atoms with Gasteiger partial charge >= 0.3 is 13.1 Å². The monoisotopic (exact) mass is 290 g/mol. The fraction of sp³-hybridized carbons (Fsp3) is 0.562. The van der Waals surface area contributed by atoms with Crippen LogP contribution in [0.1, 0.15) is 52.5 Å². The molecule has 0 bridgehead atoms. The van der Waals surface area contributed by atoms with Crippen molar-refractivity contribution < 1.29 is 19.2 Å². The van der Waals surface area contributed by atoms with Crippen LogP contribution >= 0.6 is 0 Å². The zero-order valence-electron chi connectivity index (χ0n) is 13.3. The summed E-state index contributed by atoms with van der Waals surface area (Å²) >= 11 is 0. The molecule has 1 aromatic rings. The van der Waals surface area contributed by atoms with Gasteiger partial charge in [-0.1, -0.05) is 31.2 Å². The zero-order valence-corrected chi connectivity index (χ0v) is 13.3. The molecule has 1 saturated heterocycles. The molecule has 21 heavy (non-hydrogen) atoms. The van der Waals surface area contributed by atoms with Gasteiger partial charge in [-0.15, -0.1) is 0 Å². The molecular formula is C16H23BO4. The predicted molar refractivity (Wildman–Crippen MR) is 82.8 cm³/mol. The van der Waals surface area contributed by atoms with E-state index in [9.17, 15) is 9.90 Å². The molecule has 1 aromatic carbocycles. The Kier molecular flexibility index (Phi) is 4.18. The molecule has 1 N–H and O–H groups in total. The van der Waals surface area contributed by atoms with Crippen LogP contribution in [0.3, 0.4) is 0 Å². The number of carboxylic acids is 1. The standard InChI is InChI=1S/C16H23BO4/c1-6-13(14(18)19)11-7-9-12(10-8-11)17-20-15(2,3)16(4,5)21-17/h7-10,13H,6H2,1-5H3,(H,18,19). The van der Waals surface area contributed by atoms with Gasteiger partial charge in [-0.3, -0.25) is 4.79 Å². The molecule has 1 aliphatic rings. The Morgan fingerprint density at radius 1 is 1.14 bits per heavy atom. The summed E-state index contributed by atoms with van der Waals surface area (Å²) in [6.07, 6.45) is 0.575. The van der Waals surface area contributed by atoms with Crippen LogP contribution in [-0.2, 0) is 14.1 Å². The largest absolute Gasteiger partial charge is 0.494 e. The summed E-state index contributed by atoms with van der Waals surface area (Å²) in [7, 11) is -0.408. The minimum absolute atomic E-state index is 0.372. The van der Waals surface area contributed by atoms with Crippen molar-refractivity contribution in [2.24, 2.45) is 0 Å². The number of rotatable bonds is 4. The Balaban J connectivity index is 2.19. The summed E-state index contributed by atoms with van der Waals surface area (Å²) in [5.41, 5.74) is 0.982. The summed E-state index contributed by atoms with van der Waals surface area (Å²) in [6.45, 7) is 9.93. The summed E-state index contributed by atoms with van der Waals surface area (Å²) in [4.78, 5) is 11.2. The van der Waals surface area contributed by atoms with E-state index in [0.717, 1.165) is 11.0 Å². The highest BCUT2D eigenvalue weighted by Crippen LogP contribution is 2.36. The molecule has 0 saturated carbocycles. The smallest absolute Gasteiger partial charge is 0.481 e. The minimum Gasteiger partial charge on any atom is -0.481 e. The van der Waals surface area contributed by atoms with Gasteiger partial charge in [0.2, 0.25) is 0 Å². The lowest BCUT2D eigenvalue weighted by atomic mass is 9.78. The van der Waals surface area contributed by atoms with E-state index in [4.69, 9.17) is 9.31 Å². The second-order valence-electron chi connectivity index (χ2n) is 6.55. The third-order valence-electron chi connectivity index (χ3n) is 4.57. The Bertz CT molecular complexity index is 506. The molecule has 0 amide bonds. The average Bonchev–Trinajstić information content (AvgIpc) is 2.59. The van der Waals surface area contributed by atoms with Crippen LogP contribution in [0, 0.1) is 0 Å². The van der Waals surface area contributed by atoms with Crippen molar-refractivity contribution in [3.05, 3.63) is 29.8 Å². The molecule has 0 aromatic heterocycles. The number of aliphatic carboxylic acids is 1. The van der Waals surface area contributed by atoms with Gasteiger partial charge in [-0.2, -0.15) is 0 Å². The molecule has 114 valence electrons. The summed E-state index contributed by atoms with van der Waals surface area (Å²) in [6, 6.07) is 7.48. The predicted octanol–water partition coefficient (Wildman–Crippen LogP) is 2.56. The van der Waals surface area contributed by atoms with Crippen LogP contribution in [0.5, 0.6) is 0 Å². The summed E-state index contributed by atoms with van der Waals surface area (Å²) < 4.78 is 12.0. The van der Waals surface area contributed by atoms with Crippen LogP contribution in [0.25, 0.3) is 0 Å². The number of hydrogen-bond donors (Lipinski definition) is 1. The first kappa shape index (κ1) is 16.1. The second-order valence-corrected chi connectivity index (χ2v) is 6.55. The first-order valence-corrected chi connectivity index (χ1v) is 7.36. The topological polar surface area (TPSA) is 55.8 Å². The van der Waals surface area contributed by atoms with E-state index in [0.29, 0.717) is 6.42 Å². The lowest BCUT2D eigenvalue weighted by molar-refractivity contribution is -0.138. The molecule has 4 nitrogen and oxygen atoms in total. The third kappa shape index (κ3) is 2.99. The Labute approximate surface area is 126 Å². The molecule has 1 unspecified atom stereocenters. The van der Waals surface area contributed by atoms with Crippen LogP contribution in [0.2, 0.25) is 0 Å². The van der Waals surface area contributed by atoms with Gasteiger partial charge in [0.1, 0.15) is 0 Å². The molecule has 1 aliphatic heterocycles. The van der Waals surface area contributed by atoms with E-state index in [-0.39, 0.29) is 11.2 Å². The molecule has 1 atom stereocenters. The van der Waals surface area contributed by atoms with E-state index in [1.807, 2.05) is 58.9 Å². The molecule has 1 heterocycles. The van der Waals surface area contributed by atoms with Crippen molar-refractivity contribution >= 4 is 18.6 Å². The lowest BCUT2D eigenvalue weighted by Gasteiger charge is -2.32. The van der Waals surface area contributed by atoms with Crippen molar-refractivity contribution in [2.45, 2.75) is 58.2 Å². The Hall–Kier alpha value is -1.33. The van der Waals surface area contributed by atoms with Crippen LogP contribution in [0.4, 0.5) is 0 Å². The molecule has 0 aliphatic carbocycles. The SMILES string of the molecule is CCC(C(=O)O)c1ccc(B2OC(C)(C)C(C)(C)O2)cc1. The van der Waals surface area contributed by atoms with Crippen LogP contribution in [0.15, 0.2) is 24.3 Å². The van der Waals surface area contributed by atoms with Crippen molar-refractivity contribution in [1.29, 1.82) is 0 Å². The Morgan fingerprint density at radius 3 is 2.00 bits per heavy atom. The van der Waals surface area contributed by atoms with Gasteiger partial charge < -0.3 is 14.4 Å². The Morgan fingerprint density at radius 2 is 1.62 bits per heavy atom. The van der Waals surface area contributed by atoms with Crippen molar-refractivity contribution in [3.8, 4) is 0 Å². The first-order chi connectivity index (χ1) is 9.68. The fourth-order valence-corrected chi connectivity index (χ4v) is 2.42. The van der Waals surface area contributed by atoms with E-state index in [2.05, 4.69) is 0 Å². The van der Waals surface area contributed by atoms with Crippen molar-refractivity contribution in [2.75, 3.05) is 0 Å². The maximum Gasteiger partial charge on any atom is 0.494 e. The maximum absolute atomic E-state index is 11.2. The quantitative estimate of drug-likeness (QED) is 0.866. The number of carboxylic acid groups (broad SMARTS) is 1. The molecule has 0 spiro atoms. The lowest BCUT2D eigenvalue weighted by Crippen LogP contribution is -2.41. The summed E-state index contributed by atoms with van der Waals surface area (Å²) in [5.74, 6) is -1.25. The second kappa shape index (κ2) is 5.46. The van der Waals surface area contributed by atoms with Crippen LogP contribution < -0.4 is 5.46 Å². The number of hydrogen-bond acceptors (Lipinski definition) is 3. The van der Waals surface area contributed by atoms with Gasteiger partial charge in [0.05, 0.1) is 17.1 Å². The van der Waals surface area contributed by atoms with Crippen molar-refractivity contribution in [3.63, 3.8) is 0 Å². The average molecular weight is 290 g/mol. The highest BCUT2D eigenvalue weighted by atomic mass is 16.7. The first-order valence-electron chi connectivity index (χ1n) is 7.36. The highest BCUT2D eigenvalue weighted by molar-refractivity contribution is 6.62. The van der Waals surface area contributed by atoms with Gasteiger partial charge in [0.15, 0.2) is 0 Å². The minimum atomic E-state index is -0.791. The molecule has 1 fully saturated rings. The zero-order chi connectivity index (χ0) is 15.8. The van der Waals surface area contributed by atoms with Gasteiger partial charge in [0, 0.05) is 0 Å². The van der Waals surface area contributed by atoms with E-state index in [1.54, 1.807) is 0 Å². The van der Waals surface area contributed by atoms with E-state index >= 15 is 0 Å². The van der Waals surface area contributed by atoms with Gasteiger partial charge in [-0.25, -0.2) is 0 Å². The molecule has 0 radical (unpaired) electrons. The van der Waals surface area contributed by atoms with E-state index in [1.165, 1.54) is 0 Å². The number of benzene rings is 1. The normalized spacial score (nSPS) is 21.3.